The van der Waals surface area contributed by atoms with E-state index in [0.717, 1.165) is 44.6 Å². The summed E-state index contributed by atoms with van der Waals surface area (Å²) in [7, 11) is 0. The van der Waals surface area contributed by atoms with Gasteiger partial charge in [0.2, 0.25) is 0 Å². The third-order valence-electron chi connectivity index (χ3n) is 5.50. The monoisotopic (exact) mass is 430 g/mol. The number of rotatable bonds is 4. The molecule has 154 valence electrons. The SMILES string of the molecule is [2H]c1c([2H])c([N+](=O)[O-])c([2H])c([2H])c1SNc1ccc2ccc3cc(C(C)(C)C)cc4ccc1c2c34. The van der Waals surface area contributed by atoms with E-state index in [2.05, 4.69) is 55.8 Å². The predicted molar refractivity (Wildman–Crippen MR) is 131 cm³/mol. The van der Waals surface area contributed by atoms with E-state index >= 15 is 0 Å². The Morgan fingerprint density at radius 3 is 2.16 bits per heavy atom. The van der Waals surface area contributed by atoms with Crippen molar-refractivity contribution in [3.05, 3.63) is 88.4 Å². The number of nitrogens with one attached hydrogen (secondary N) is 1. The lowest BCUT2D eigenvalue weighted by molar-refractivity contribution is -0.384. The lowest BCUT2D eigenvalue weighted by atomic mass is 9.83. The van der Waals surface area contributed by atoms with Crippen molar-refractivity contribution in [2.24, 2.45) is 0 Å². The van der Waals surface area contributed by atoms with Gasteiger partial charge in [0.15, 0.2) is 0 Å². The Bertz CT molecular complexity index is 1620. The van der Waals surface area contributed by atoms with Gasteiger partial charge in [-0.2, -0.15) is 0 Å². The maximum absolute atomic E-state index is 11.2. The molecule has 0 saturated carbocycles. The summed E-state index contributed by atoms with van der Waals surface area (Å²) in [5.74, 6) is 0. The predicted octanol–water partition coefficient (Wildman–Crippen LogP) is 7.91. The molecule has 0 unspecified atom stereocenters. The summed E-state index contributed by atoms with van der Waals surface area (Å²) in [6.07, 6.45) is 0. The van der Waals surface area contributed by atoms with Crippen molar-refractivity contribution in [1.29, 1.82) is 0 Å². The minimum atomic E-state index is -0.880. The molecule has 0 heterocycles. The summed E-state index contributed by atoms with van der Waals surface area (Å²) in [4.78, 5) is 10.3. The fraction of sp³-hybridized carbons (Fsp3) is 0.154. The third kappa shape index (κ3) is 3.45. The highest BCUT2D eigenvalue weighted by Gasteiger charge is 2.17. The van der Waals surface area contributed by atoms with Crippen LogP contribution in [0, 0.1) is 10.1 Å². The van der Waals surface area contributed by atoms with Crippen molar-refractivity contribution in [3.8, 4) is 0 Å². The quantitative estimate of drug-likeness (QED) is 0.136. The van der Waals surface area contributed by atoms with Crippen LogP contribution in [0.2, 0.25) is 0 Å². The average Bonchev–Trinajstić information content (AvgIpc) is 2.80. The summed E-state index contributed by atoms with van der Waals surface area (Å²) in [5.41, 5.74) is 1.22. The van der Waals surface area contributed by atoms with Crippen molar-refractivity contribution < 1.29 is 10.4 Å². The van der Waals surface area contributed by atoms with Crippen LogP contribution in [-0.4, -0.2) is 4.92 Å². The minimum Gasteiger partial charge on any atom is -0.325 e. The Hall–Kier alpha value is -3.31. The second-order valence-corrected chi connectivity index (χ2v) is 9.39. The zero-order chi connectivity index (χ0) is 25.2. The van der Waals surface area contributed by atoms with Gasteiger partial charge in [-0.05, 0) is 68.0 Å². The molecule has 4 nitrogen and oxygen atoms in total. The van der Waals surface area contributed by atoms with Crippen LogP contribution in [-0.2, 0) is 5.41 Å². The summed E-state index contributed by atoms with van der Waals surface area (Å²) in [5, 5.41) is 17.9. The first-order valence-electron chi connectivity index (χ1n) is 11.9. The molecule has 5 aromatic rings. The van der Waals surface area contributed by atoms with Gasteiger partial charge in [-0.25, -0.2) is 0 Å². The second kappa shape index (κ2) is 7.13. The Morgan fingerprint density at radius 1 is 0.903 bits per heavy atom. The number of anilines is 1. The van der Waals surface area contributed by atoms with Gasteiger partial charge in [-0.3, -0.25) is 10.1 Å². The van der Waals surface area contributed by atoms with E-state index in [1.807, 2.05) is 18.2 Å². The summed E-state index contributed by atoms with van der Waals surface area (Å²) < 4.78 is 35.4. The Morgan fingerprint density at radius 2 is 1.52 bits per heavy atom. The molecule has 0 saturated heterocycles. The van der Waals surface area contributed by atoms with Crippen LogP contribution < -0.4 is 4.72 Å². The molecule has 1 N–H and O–H groups in total. The Labute approximate surface area is 190 Å². The van der Waals surface area contributed by atoms with Crippen LogP contribution in [0.1, 0.15) is 31.8 Å². The lowest BCUT2D eigenvalue weighted by Gasteiger charge is -2.22. The summed E-state index contributed by atoms with van der Waals surface area (Å²) in [6, 6.07) is 14.6. The Kier molecular flexibility index (Phi) is 3.56. The van der Waals surface area contributed by atoms with Gasteiger partial charge in [0.25, 0.3) is 5.69 Å². The highest BCUT2D eigenvalue weighted by Crippen LogP contribution is 2.40. The van der Waals surface area contributed by atoms with Gasteiger partial charge in [-0.1, -0.05) is 63.2 Å². The zero-order valence-corrected chi connectivity index (χ0v) is 18.1. The molecule has 5 rings (SSSR count). The molecule has 0 aliphatic heterocycles. The van der Waals surface area contributed by atoms with Crippen LogP contribution >= 0.6 is 11.9 Å². The molecule has 0 radical (unpaired) electrons. The third-order valence-corrected chi connectivity index (χ3v) is 6.23. The van der Waals surface area contributed by atoms with Gasteiger partial charge in [-0.15, -0.1) is 0 Å². The second-order valence-electron chi connectivity index (χ2n) is 8.58. The molecular formula is C26H22N2O2S. The van der Waals surface area contributed by atoms with Gasteiger partial charge >= 0.3 is 0 Å². The van der Waals surface area contributed by atoms with E-state index in [0.29, 0.717) is 0 Å². The highest BCUT2D eigenvalue weighted by atomic mass is 32.2. The molecule has 0 aliphatic carbocycles. The average molecular weight is 431 g/mol. The molecule has 0 amide bonds. The highest BCUT2D eigenvalue weighted by molar-refractivity contribution is 8.00. The normalized spacial score (nSPS) is 13.9. The molecule has 0 bridgehead atoms. The van der Waals surface area contributed by atoms with Crippen molar-refractivity contribution in [2.75, 3.05) is 4.72 Å². The zero-order valence-electron chi connectivity index (χ0n) is 21.3. The van der Waals surface area contributed by atoms with Crippen LogP contribution in [0.15, 0.2) is 77.6 Å². The van der Waals surface area contributed by atoms with Crippen molar-refractivity contribution in [2.45, 2.75) is 31.1 Å². The van der Waals surface area contributed by atoms with Gasteiger partial charge in [0.05, 0.1) is 16.1 Å². The summed E-state index contributed by atoms with van der Waals surface area (Å²) in [6.45, 7) is 6.59. The van der Waals surface area contributed by atoms with Crippen LogP contribution in [0.3, 0.4) is 0 Å². The fourth-order valence-corrected chi connectivity index (χ4v) is 4.48. The first kappa shape index (κ1) is 15.5. The first-order valence-corrected chi connectivity index (χ1v) is 10.7. The van der Waals surface area contributed by atoms with E-state index in [9.17, 15) is 10.1 Å². The standard InChI is InChI=1S/C26H22N2O2S/c1-26(2,3)19-14-17-5-4-16-7-13-23(22-12-6-18(15-19)24(17)25(16)22)27-31-21-10-8-20(9-11-21)28(29)30/h4-15,27H,1-3H3/i8D,9D,10D,11D. The lowest BCUT2D eigenvalue weighted by Crippen LogP contribution is -2.10. The molecule has 0 aromatic heterocycles. The van der Waals surface area contributed by atoms with E-state index in [1.54, 1.807) is 0 Å². The smallest absolute Gasteiger partial charge is 0.269 e. The molecule has 0 aliphatic rings. The molecule has 31 heavy (non-hydrogen) atoms. The van der Waals surface area contributed by atoms with Crippen molar-refractivity contribution >= 4 is 55.6 Å². The molecule has 0 atom stereocenters. The number of hydrogen-bond donors (Lipinski definition) is 1. The van der Waals surface area contributed by atoms with Crippen LogP contribution in [0.4, 0.5) is 11.4 Å². The molecule has 5 aromatic carbocycles. The number of benzene rings is 5. The van der Waals surface area contributed by atoms with E-state index < -0.39 is 34.8 Å². The maximum Gasteiger partial charge on any atom is 0.269 e. The number of nitro benzene ring substituents is 1. The van der Waals surface area contributed by atoms with Crippen LogP contribution in [0.5, 0.6) is 0 Å². The van der Waals surface area contributed by atoms with Gasteiger partial charge in [0, 0.05) is 22.4 Å². The van der Waals surface area contributed by atoms with Crippen LogP contribution in [0.25, 0.3) is 32.3 Å². The van der Waals surface area contributed by atoms with Crippen molar-refractivity contribution in [3.63, 3.8) is 0 Å². The van der Waals surface area contributed by atoms with Gasteiger partial charge in [0.1, 0.15) is 0 Å². The fourth-order valence-electron chi connectivity index (χ4n) is 3.88. The molecule has 5 heteroatoms. The maximum atomic E-state index is 11.2. The topological polar surface area (TPSA) is 55.2 Å². The van der Waals surface area contributed by atoms with Crippen molar-refractivity contribution in [1.82, 2.24) is 0 Å². The summed E-state index contributed by atoms with van der Waals surface area (Å²) >= 11 is 0.924. The Balaban J connectivity index is 1.62. The molecular weight excluding hydrogens is 404 g/mol. The largest absolute Gasteiger partial charge is 0.325 e. The molecule has 0 spiro atoms. The van der Waals surface area contributed by atoms with E-state index in [1.165, 1.54) is 10.9 Å². The first-order chi connectivity index (χ1) is 16.5. The number of nitrogens with zero attached hydrogens (tertiary/aromatic N) is 1. The number of hydrogen-bond acceptors (Lipinski definition) is 4. The van der Waals surface area contributed by atoms with E-state index in [4.69, 9.17) is 5.48 Å². The van der Waals surface area contributed by atoms with E-state index in [-0.39, 0.29) is 10.3 Å². The number of nitro groups is 1. The van der Waals surface area contributed by atoms with Gasteiger partial charge < -0.3 is 4.72 Å². The minimum absolute atomic E-state index is 0.00566. The molecule has 0 fully saturated rings.